The standard InChI is InChI=1S/C32H41ClN4O3/c1-30(2)28(31(3,4)29(30)40-25-10-9-24(20-34)26(33)19-25)36-27(38)23-7-5-22(6-8-23)11-16-37-17-18-39-32(21-37)12-14-35-15-13-32/h5-10,19,28-29,35H,11-18,21H2,1-4H3,(H,36,38). The van der Waals surface area contributed by atoms with E-state index in [4.69, 9.17) is 26.3 Å². The van der Waals surface area contributed by atoms with Crippen molar-refractivity contribution in [2.75, 3.05) is 39.3 Å². The normalized spacial score (nSPS) is 25.0. The second-order valence-electron chi connectivity index (χ2n) is 12.8. The summed E-state index contributed by atoms with van der Waals surface area (Å²) in [5, 5.41) is 16.2. The SMILES string of the molecule is CC1(C)C(NC(=O)c2ccc(CCN3CCOC4(CCNCC4)C3)cc2)C(C)(C)C1Oc1ccc(C#N)c(Cl)c1. The summed E-state index contributed by atoms with van der Waals surface area (Å²) in [6.07, 6.45) is 2.98. The fourth-order valence-electron chi connectivity index (χ4n) is 7.22. The molecule has 0 aromatic heterocycles. The summed E-state index contributed by atoms with van der Waals surface area (Å²) in [5.74, 6) is 0.553. The molecule has 40 heavy (non-hydrogen) atoms. The Balaban J connectivity index is 1.15. The number of hydrogen-bond donors (Lipinski definition) is 2. The highest BCUT2D eigenvalue weighted by Gasteiger charge is 2.64. The second-order valence-corrected chi connectivity index (χ2v) is 13.2. The lowest BCUT2D eigenvalue weighted by atomic mass is 9.49. The van der Waals surface area contributed by atoms with Crippen LogP contribution in [0.2, 0.25) is 5.02 Å². The number of rotatable bonds is 7. The van der Waals surface area contributed by atoms with Crippen LogP contribution in [0.4, 0.5) is 0 Å². The van der Waals surface area contributed by atoms with E-state index in [1.807, 2.05) is 12.1 Å². The molecule has 1 spiro atoms. The summed E-state index contributed by atoms with van der Waals surface area (Å²) < 4.78 is 12.6. The van der Waals surface area contributed by atoms with Crippen LogP contribution < -0.4 is 15.4 Å². The first-order valence-corrected chi connectivity index (χ1v) is 14.8. The topological polar surface area (TPSA) is 86.6 Å². The first kappa shape index (κ1) is 28.9. The molecule has 0 unspecified atom stereocenters. The average Bonchev–Trinajstić information content (AvgIpc) is 2.94. The smallest absolute Gasteiger partial charge is 0.251 e. The van der Waals surface area contributed by atoms with Gasteiger partial charge in [0.05, 0.1) is 22.8 Å². The van der Waals surface area contributed by atoms with E-state index < -0.39 is 0 Å². The molecule has 2 aromatic rings. The van der Waals surface area contributed by atoms with Crippen molar-refractivity contribution in [3.8, 4) is 11.8 Å². The number of nitrogens with zero attached hydrogens (tertiary/aromatic N) is 2. The van der Waals surface area contributed by atoms with Crippen molar-refractivity contribution in [2.24, 2.45) is 10.8 Å². The quantitative estimate of drug-likeness (QED) is 0.501. The van der Waals surface area contributed by atoms with Gasteiger partial charge in [0.15, 0.2) is 0 Å². The number of nitrogens with one attached hydrogen (secondary N) is 2. The number of benzene rings is 2. The zero-order chi connectivity index (χ0) is 28.5. The van der Waals surface area contributed by atoms with Crippen LogP contribution in [-0.4, -0.2) is 67.9 Å². The number of nitriles is 1. The van der Waals surface area contributed by atoms with Gasteiger partial charge in [0, 0.05) is 48.1 Å². The maximum absolute atomic E-state index is 13.3. The predicted molar refractivity (Wildman–Crippen MR) is 157 cm³/mol. The highest BCUT2D eigenvalue weighted by molar-refractivity contribution is 6.31. The zero-order valence-corrected chi connectivity index (χ0v) is 24.8. The number of amides is 1. The third-order valence-electron chi connectivity index (χ3n) is 9.21. The predicted octanol–water partition coefficient (Wildman–Crippen LogP) is 4.82. The van der Waals surface area contributed by atoms with Crippen LogP contribution in [0.25, 0.3) is 0 Å². The Morgan fingerprint density at radius 1 is 1.15 bits per heavy atom. The molecule has 2 heterocycles. The third kappa shape index (κ3) is 5.73. The van der Waals surface area contributed by atoms with E-state index in [-0.39, 0.29) is 34.5 Å². The molecule has 7 nitrogen and oxygen atoms in total. The van der Waals surface area contributed by atoms with Crippen molar-refractivity contribution in [1.82, 2.24) is 15.5 Å². The Hall–Kier alpha value is -2.63. The molecule has 1 saturated carbocycles. The van der Waals surface area contributed by atoms with Gasteiger partial charge in [-0.3, -0.25) is 9.69 Å². The number of morpholine rings is 1. The first-order valence-electron chi connectivity index (χ1n) is 14.4. The van der Waals surface area contributed by atoms with Crippen molar-refractivity contribution in [3.63, 3.8) is 0 Å². The molecule has 3 aliphatic rings. The number of hydrogen-bond acceptors (Lipinski definition) is 6. The maximum atomic E-state index is 13.3. The minimum Gasteiger partial charge on any atom is -0.489 e. The van der Waals surface area contributed by atoms with Gasteiger partial charge in [0.25, 0.3) is 5.91 Å². The van der Waals surface area contributed by atoms with Gasteiger partial charge in [-0.25, -0.2) is 0 Å². The Morgan fingerprint density at radius 2 is 1.85 bits per heavy atom. The van der Waals surface area contributed by atoms with Gasteiger partial charge < -0.3 is 20.1 Å². The van der Waals surface area contributed by atoms with Crippen molar-refractivity contribution >= 4 is 17.5 Å². The lowest BCUT2D eigenvalue weighted by Gasteiger charge is -2.63. The van der Waals surface area contributed by atoms with Crippen molar-refractivity contribution < 1.29 is 14.3 Å². The zero-order valence-electron chi connectivity index (χ0n) is 24.1. The molecular formula is C32H41ClN4O3. The molecule has 214 valence electrons. The molecule has 2 aliphatic heterocycles. The van der Waals surface area contributed by atoms with Gasteiger partial charge in [-0.05, 0) is 62.2 Å². The summed E-state index contributed by atoms with van der Waals surface area (Å²) in [7, 11) is 0. The minimum absolute atomic E-state index is 0.0215. The molecule has 1 amide bonds. The van der Waals surface area contributed by atoms with Crippen molar-refractivity contribution in [2.45, 2.75) is 64.7 Å². The second kappa shape index (κ2) is 11.3. The van der Waals surface area contributed by atoms with E-state index in [0.717, 1.165) is 58.6 Å². The summed E-state index contributed by atoms with van der Waals surface area (Å²) in [6.45, 7) is 14.3. The number of piperidine rings is 1. The summed E-state index contributed by atoms with van der Waals surface area (Å²) in [4.78, 5) is 15.8. The molecule has 2 aromatic carbocycles. The number of ether oxygens (including phenoxy) is 2. The highest BCUT2D eigenvalue weighted by atomic mass is 35.5. The van der Waals surface area contributed by atoms with Crippen molar-refractivity contribution in [1.29, 1.82) is 5.26 Å². The van der Waals surface area contributed by atoms with E-state index in [0.29, 0.717) is 21.9 Å². The molecule has 2 saturated heterocycles. The molecule has 0 atom stereocenters. The highest BCUT2D eigenvalue weighted by Crippen LogP contribution is 2.55. The monoisotopic (exact) mass is 564 g/mol. The van der Waals surface area contributed by atoms with E-state index in [1.54, 1.807) is 18.2 Å². The van der Waals surface area contributed by atoms with Crippen LogP contribution in [0, 0.1) is 22.2 Å². The summed E-state index contributed by atoms with van der Waals surface area (Å²) >= 11 is 6.21. The van der Waals surface area contributed by atoms with Gasteiger partial charge >= 0.3 is 0 Å². The molecule has 3 fully saturated rings. The minimum atomic E-state index is -0.302. The van der Waals surface area contributed by atoms with Crippen LogP contribution in [0.3, 0.4) is 0 Å². The first-order chi connectivity index (χ1) is 19.0. The largest absolute Gasteiger partial charge is 0.489 e. The Kier molecular flexibility index (Phi) is 8.18. The molecule has 0 radical (unpaired) electrons. The molecule has 8 heteroatoms. The van der Waals surface area contributed by atoms with Crippen LogP contribution in [0.1, 0.15) is 62.0 Å². The number of carbonyl (C=O) groups is 1. The Bertz CT molecular complexity index is 1240. The van der Waals surface area contributed by atoms with Crippen LogP contribution >= 0.6 is 11.6 Å². The van der Waals surface area contributed by atoms with Crippen molar-refractivity contribution in [3.05, 3.63) is 64.2 Å². The molecule has 5 rings (SSSR count). The van der Waals surface area contributed by atoms with Gasteiger partial charge in [-0.2, -0.15) is 5.26 Å². The molecular weight excluding hydrogens is 524 g/mol. The average molecular weight is 565 g/mol. The van der Waals surface area contributed by atoms with Crippen LogP contribution in [0.5, 0.6) is 5.75 Å². The Morgan fingerprint density at radius 3 is 2.50 bits per heavy atom. The van der Waals surface area contributed by atoms with E-state index in [1.165, 1.54) is 5.56 Å². The number of halogens is 1. The van der Waals surface area contributed by atoms with Crippen LogP contribution in [-0.2, 0) is 11.2 Å². The lowest BCUT2D eigenvalue weighted by molar-refractivity contribution is -0.164. The van der Waals surface area contributed by atoms with Gasteiger partial charge in [-0.15, -0.1) is 0 Å². The van der Waals surface area contributed by atoms with E-state index in [2.05, 4.69) is 61.4 Å². The number of carbonyl (C=O) groups excluding carboxylic acids is 1. The molecule has 1 aliphatic carbocycles. The van der Waals surface area contributed by atoms with E-state index >= 15 is 0 Å². The third-order valence-corrected chi connectivity index (χ3v) is 9.52. The lowest BCUT2D eigenvalue weighted by Crippen LogP contribution is -2.74. The molecule has 2 N–H and O–H groups in total. The van der Waals surface area contributed by atoms with Gasteiger partial charge in [-0.1, -0.05) is 51.4 Å². The Labute approximate surface area is 243 Å². The van der Waals surface area contributed by atoms with Gasteiger partial charge in [0.2, 0.25) is 0 Å². The fourth-order valence-corrected chi connectivity index (χ4v) is 7.43. The fraction of sp³-hybridized carbons (Fsp3) is 0.562. The van der Waals surface area contributed by atoms with Crippen LogP contribution in [0.15, 0.2) is 42.5 Å². The summed E-state index contributed by atoms with van der Waals surface area (Å²) in [6, 6.07) is 15.1. The molecule has 0 bridgehead atoms. The van der Waals surface area contributed by atoms with Gasteiger partial charge in [0.1, 0.15) is 17.9 Å². The summed E-state index contributed by atoms with van der Waals surface area (Å²) in [5.41, 5.74) is 1.74. The maximum Gasteiger partial charge on any atom is 0.251 e. The van der Waals surface area contributed by atoms with E-state index in [9.17, 15) is 4.79 Å².